The van der Waals surface area contributed by atoms with Gasteiger partial charge in [0.25, 0.3) is 5.91 Å². The van der Waals surface area contributed by atoms with E-state index < -0.39 is 0 Å². The number of hydrogen-bond acceptors (Lipinski definition) is 3. The zero-order valence-corrected chi connectivity index (χ0v) is 16.7. The van der Waals surface area contributed by atoms with Crippen molar-refractivity contribution in [3.05, 3.63) is 35.1 Å². The summed E-state index contributed by atoms with van der Waals surface area (Å²) in [6, 6.07) is 4.45. The highest BCUT2D eigenvalue weighted by Gasteiger charge is 2.18. The number of amides is 2. The second kappa shape index (κ2) is 11.3. The molecule has 0 bridgehead atoms. The Balaban J connectivity index is 1.69. The number of benzene rings is 1. The van der Waals surface area contributed by atoms with Crippen molar-refractivity contribution in [3.63, 3.8) is 0 Å². The van der Waals surface area contributed by atoms with Crippen LogP contribution in [0.15, 0.2) is 23.2 Å². The van der Waals surface area contributed by atoms with E-state index in [0.29, 0.717) is 43.1 Å². The third-order valence-electron chi connectivity index (χ3n) is 4.51. The van der Waals surface area contributed by atoms with Crippen molar-refractivity contribution < 1.29 is 14.0 Å². The smallest absolute Gasteiger partial charge is 0.251 e. The fourth-order valence-corrected chi connectivity index (χ4v) is 2.93. The summed E-state index contributed by atoms with van der Waals surface area (Å²) in [6.07, 6.45) is 2.43. The van der Waals surface area contributed by atoms with E-state index in [2.05, 4.69) is 20.9 Å². The zero-order chi connectivity index (χ0) is 20.4. The number of nitrogens with one attached hydrogen (secondary N) is 3. The van der Waals surface area contributed by atoms with Crippen molar-refractivity contribution >= 4 is 17.8 Å². The molecule has 1 aromatic rings. The van der Waals surface area contributed by atoms with Gasteiger partial charge in [-0.3, -0.25) is 14.6 Å². The van der Waals surface area contributed by atoms with E-state index in [4.69, 9.17) is 0 Å². The first-order valence-electron chi connectivity index (χ1n) is 9.85. The predicted molar refractivity (Wildman–Crippen MR) is 108 cm³/mol. The van der Waals surface area contributed by atoms with Crippen LogP contribution in [0.1, 0.15) is 42.1 Å². The number of halogens is 1. The van der Waals surface area contributed by atoms with Gasteiger partial charge >= 0.3 is 0 Å². The first-order valence-corrected chi connectivity index (χ1v) is 9.85. The number of aryl methyl sites for hydroxylation is 1. The first-order chi connectivity index (χ1) is 13.5. The molecule has 0 aliphatic carbocycles. The predicted octanol–water partition coefficient (Wildman–Crippen LogP) is 1.43. The molecule has 8 heteroatoms. The van der Waals surface area contributed by atoms with Crippen LogP contribution in [0, 0.1) is 12.7 Å². The van der Waals surface area contributed by atoms with Crippen molar-refractivity contribution in [2.24, 2.45) is 4.99 Å². The number of rotatable bonds is 9. The molecule has 1 saturated heterocycles. The molecular formula is C20H30FN5O2. The van der Waals surface area contributed by atoms with Gasteiger partial charge in [0.2, 0.25) is 5.91 Å². The Hall–Kier alpha value is -2.64. The van der Waals surface area contributed by atoms with E-state index in [9.17, 15) is 14.0 Å². The van der Waals surface area contributed by atoms with Gasteiger partial charge in [-0.05, 0) is 44.4 Å². The Kier molecular flexibility index (Phi) is 8.71. The number of nitrogens with zero attached hydrogens (tertiary/aromatic N) is 2. The minimum atomic E-state index is -0.386. The standard InChI is InChI=1S/C20H30FN5O2/c1-3-22-20(24-9-5-13-26-12-4-6-18(26)27)25-11-10-23-19(28)16-8-7-15(2)17(21)14-16/h7-8,14H,3-6,9-13H2,1-2H3,(H,23,28)(H2,22,24,25). The molecule has 1 aromatic carbocycles. The summed E-state index contributed by atoms with van der Waals surface area (Å²) in [5.41, 5.74) is 0.818. The summed E-state index contributed by atoms with van der Waals surface area (Å²) in [5.74, 6) is 0.213. The van der Waals surface area contributed by atoms with Gasteiger partial charge in [0, 0.05) is 51.3 Å². The van der Waals surface area contributed by atoms with Crippen LogP contribution in [-0.2, 0) is 4.79 Å². The summed E-state index contributed by atoms with van der Waals surface area (Å²) in [5, 5.41) is 9.06. The Morgan fingerprint density at radius 3 is 2.71 bits per heavy atom. The molecular weight excluding hydrogens is 361 g/mol. The fraction of sp³-hybridized carbons (Fsp3) is 0.550. The van der Waals surface area contributed by atoms with Crippen molar-refractivity contribution in [1.82, 2.24) is 20.9 Å². The highest BCUT2D eigenvalue weighted by Crippen LogP contribution is 2.10. The average Bonchev–Trinajstić information content (AvgIpc) is 3.09. The van der Waals surface area contributed by atoms with E-state index in [-0.39, 0.29) is 17.6 Å². The molecule has 154 valence electrons. The van der Waals surface area contributed by atoms with E-state index in [1.165, 1.54) is 6.07 Å². The number of aliphatic imine (C=N–C) groups is 1. The molecule has 1 fully saturated rings. The number of likely N-dealkylation sites (tertiary alicyclic amines) is 1. The summed E-state index contributed by atoms with van der Waals surface area (Å²) in [4.78, 5) is 30.0. The molecule has 1 aliphatic rings. The summed E-state index contributed by atoms with van der Waals surface area (Å²) >= 11 is 0. The number of guanidine groups is 1. The monoisotopic (exact) mass is 391 g/mol. The van der Waals surface area contributed by atoms with Crippen LogP contribution < -0.4 is 16.0 Å². The van der Waals surface area contributed by atoms with Crippen LogP contribution in [0.5, 0.6) is 0 Å². The lowest BCUT2D eigenvalue weighted by Crippen LogP contribution is -2.41. The van der Waals surface area contributed by atoms with Gasteiger partial charge < -0.3 is 20.9 Å². The molecule has 0 atom stereocenters. The van der Waals surface area contributed by atoms with Gasteiger partial charge in [0.05, 0.1) is 0 Å². The molecule has 0 radical (unpaired) electrons. The van der Waals surface area contributed by atoms with Crippen LogP contribution in [0.2, 0.25) is 0 Å². The van der Waals surface area contributed by atoms with Crippen LogP contribution in [-0.4, -0.2) is 61.9 Å². The maximum absolute atomic E-state index is 13.5. The third kappa shape index (κ3) is 6.83. The van der Waals surface area contributed by atoms with Crippen molar-refractivity contribution in [2.75, 3.05) is 39.3 Å². The molecule has 7 nitrogen and oxygen atoms in total. The summed E-state index contributed by atoms with van der Waals surface area (Å²) in [7, 11) is 0. The Morgan fingerprint density at radius 1 is 1.25 bits per heavy atom. The average molecular weight is 391 g/mol. The quantitative estimate of drug-likeness (QED) is 0.338. The molecule has 1 aliphatic heterocycles. The molecule has 0 spiro atoms. The number of carbonyl (C=O) groups is 2. The van der Waals surface area contributed by atoms with E-state index in [1.807, 2.05) is 11.8 Å². The molecule has 0 aromatic heterocycles. The molecule has 2 rings (SSSR count). The Labute approximate surface area is 165 Å². The van der Waals surface area contributed by atoms with Crippen molar-refractivity contribution in [2.45, 2.75) is 33.1 Å². The normalized spacial score (nSPS) is 14.3. The largest absolute Gasteiger partial charge is 0.357 e. The number of hydrogen-bond donors (Lipinski definition) is 3. The summed E-state index contributed by atoms with van der Waals surface area (Å²) in [6.45, 7) is 7.47. The van der Waals surface area contributed by atoms with E-state index in [0.717, 1.165) is 32.5 Å². The summed E-state index contributed by atoms with van der Waals surface area (Å²) < 4.78 is 13.5. The van der Waals surface area contributed by atoms with Gasteiger partial charge in [-0.1, -0.05) is 6.07 Å². The molecule has 2 amide bonds. The van der Waals surface area contributed by atoms with Gasteiger partial charge in [-0.2, -0.15) is 0 Å². The third-order valence-corrected chi connectivity index (χ3v) is 4.51. The van der Waals surface area contributed by atoms with Crippen LogP contribution >= 0.6 is 0 Å². The maximum atomic E-state index is 13.5. The number of carbonyl (C=O) groups excluding carboxylic acids is 2. The highest BCUT2D eigenvalue weighted by atomic mass is 19.1. The second-order valence-electron chi connectivity index (χ2n) is 6.75. The fourth-order valence-electron chi connectivity index (χ4n) is 2.93. The van der Waals surface area contributed by atoms with Crippen molar-refractivity contribution in [1.29, 1.82) is 0 Å². The van der Waals surface area contributed by atoms with Crippen LogP contribution in [0.3, 0.4) is 0 Å². The lowest BCUT2D eigenvalue weighted by atomic mass is 10.1. The topological polar surface area (TPSA) is 85.8 Å². The SMILES string of the molecule is CCNC(=NCCCN1CCCC1=O)NCCNC(=O)c1ccc(C)c(F)c1. The molecule has 1 heterocycles. The first kappa shape index (κ1) is 21.7. The maximum Gasteiger partial charge on any atom is 0.251 e. The molecule has 3 N–H and O–H groups in total. The van der Waals surface area contributed by atoms with E-state index in [1.54, 1.807) is 19.1 Å². The molecule has 0 unspecified atom stereocenters. The Morgan fingerprint density at radius 2 is 2.04 bits per heavy atom. The van der Waals surface area contributed by atoms with Gasteiger partial charge in [0.1, 0.15) is 5.82 Å². The zero-order valence-electron chi connectivity index (χ0n) is 16.7. The van der Waals surface area contributed by atoms with Gasteiger partial charge in [-0.25, -0.2) is 4.39 Å². The molecule has 28 heavy (non-hydrogen) atoms. The van der Waals surface area contributed by atoms with Crippen LogP contribution in [0.25, 0.3) is 0 Å². The Bertz CT molecular complexity index is 708. The molecule has 0 saturated carbocycles. The van der Waals surface area contributed by atoms with E-state index >= 15 is 0 Å². The highest BCUT2D eigenvalue weighted by molar-refractivity contribution is 5.94. The minimum absolute atomic E-state index is 0.234. The lowest BCUT2D eigenvalue weighted by molar-refractivity contribution is -0.127. The van der Waals surface area contributed by atoms with Crippen LogP contribution in [0.4, 0.5) is 4.39 Å². The lowest BCUT2D eigenvalue weighted by Gasteiger charge is -2.15. The van der Waals surface area contributed by atoms with Crippen molar-refractivity contribution in [3.8, 4) is 0 Å². The second-order valence-corrected chi connectivity index (χ2v) is 6.75. The van der Waals surface area contributed by atoms with Gasteiger partial charge in [0.15, 0.2) is 5.96 Å². The minimum Gasteiger partial charge on any atom is -0.357 e. The van der Waals surface area contributed by atoms with Gasteiger partial charge in [-0.15, -0.1) is 0 Å².